The van der Waals surface area contributed by atoms with Crippen molar-refractivity contribution >= 4 is 19.8 Å². The normalized spacial score (nSPS) is 13.8. The number of carbonyl (C=O) groups is 2. The lowest BCUT2D eigenvalue weighted by molar-refractivity contribution is -0.870. The molecule has 0 aromatic carbocycles. The molecule has 0 amide bonds. The molecule has 2 unspecified atom stereocenters. The first-order chi connectivity index (χ1) is 37.5. The number of unbranched alkanes of at least 4 members (excludes halogenated alkanes) is 30. The number of esters is 2. The van der Waals surface area contributed by atoms with Gasteiger partial charge in [-0.15, -0.1) is 0 Å². The first kappa shape index (κ1) is 74.2. The molecule has 0 aromatic heterocycles. The van der Waals surface area contributed by atoms with Gasteiger partial charge in [0.2, 0.25) is 0 Å². The van der Waals surface area contributed by atoms with Crippen LogP contribution in [0.2, 0.25) is 0 Å². The quantitative estimate of drug-likeness (QED) is 0.0195. The number of phosphoric ester groups is 1. The Morgan fingerprint density at radius 2 is 0.740 bits per heavy atom. The molecule has 0 aliphatic heterocycles. The van der Waals surface area contributed by atoms with Crippen LogP contribution in [0.3, 0.4) is 0 Å². The second-order valence-electron chi connectivity index (χ2n) is 22.4. The van der Waals surface area contributed by atoms with Crippen molar-refractivity contribution in [1.82, 2.24) is 0 Å². The van der Waals surface area contributed by atoms with Crippen LogP contribution >= 0.6 is 7.82 Å². The zero-order chi connectivity index (χ0) is 56.3. The fourth-order valence-corrected chi connectivity index (χ4v) is 9.54. The first-order valence-electron chi connectivity index (χ1n) is 31.8. The summed E-state index contributed by atoms with van der Waals surface area (Å²) in [5.74, 6) is -0.866. The Morgan fingerprint density at radius 1 is 0.416 bits per heavy atom. The van der Waals surface area contributed by atoms with Crippen molar-refractivity contribution < 1.29 is 42.1 Å². The minimum absolute atomic E-state index is 0.0406. The van der Waals surface area contributed by atoms with E-state index < -0.39 is 26.5 Å². The highest BCUT2D eigenvalue weighted by atomic mass is 31.2. The van der Waals surface area contributed by atoms with Gasteiger partial charge in [0.25, 0.3) is 7.82 Å². The van der Waals surface area contributed by atoms with Gasteiger partial charge in [-0.1, -0.05) is 279 Å². The molecule has 2 atom stereocenters. The number of allylic oxidation sites excluding steroid dienone is 14. The van der Waals surface area contributed by atoms with Crippen LogP contribution in [0.15, 0.2) is 85.1 Å². The maximum Gasteiger partial charge on any atom is 0.306 e. The Balaban J connectivity index is 4.16. The third kappa shape index (κ3) is 62.3. The zero-order valence-electron chi connectivity index (χ0n) is 50.6. The molecular formula is C67H120NO8P. The van der Waals surface area contributed by atoms with E-state index in [0.29, 0.717) is 17.4 Å². The number of carbonyl (C=O) groups excluding carboxylic acids is 2. The molecular weight excluding hydrogens is 978 g/mol. The maximum atomic E-state index is 12.8. The van der Waals surface area contributed by atoms with E-state index in [1.807, 2.05) is 21.1 Å². The second kappa shape index (κ2) is 57.9. The minimum atomic E-state index is -4.65. The first-order valence-corrected chi connectivity index (χ1v) is 33.3. The molecule has 0 heterocycles. The lowest BCUT2D eigenvalue weighted by Gasteiger charge is -2.28. The highest BCUT2D eigenvalue weighted by molar-refractivity contribution is 7.45. The van der Waals surface area contributed by atoms with Crippen LogP contribution in [0.4, 0.5) is 0 Å². The lowest BCUT2D eigenvalue weighted by Crippen LogP contribution is -2.37. The lowest BCUT2D eigenvalue weighted by atomic mass is 10.0. The predicted molar refractivity (Wildman–Crippen MR) is 328 cm³/mol. The monoisotopic (exact) mass is 1100 g/mol. The summed E-state index contributed by atoms with van der Waals surface area (Å²) in [6.45, 7) is 4.11. The SMILES string of the molecule is CC/C=C\C/C=C\C/C=C\C/C=C\C/C=C\C/C=C\C/C=C\CCCCCC(=O)OC(COC(=O)CCCCCCCCCCCCCCCCCCCCCCCCCCCCCC)COP(=O)([O-])OCC[N+](C)(C)C. The van der Waals surface area contributed by atoms with Crippen LogP contribution < -0.4 is 4.89 Å². The summed E-state index contributed by atoms with van der Waals surface area (Å²) >= 11 is 0. The van der Waals surface area contributed by atoms with E-state index in [4.69, 9.17) is 18.5 Å². The minimum Gasteiger partial charge on any atom is -0.756 e. The van der Waals surface area contributed by atoms with Crippen LogP contribution in [0, 0.1) is 0 Å². The number of hydrogen-bond donors (Lipinski definition) is 0. The molecule has 0 fully saturated rings. The molecule has 0 N–H and O–H groups in total. The molecule has 0 aliphatic rings. The van der Waals surface area contributed by atoms with Gasteiger partial charge in [-0.25, -0.2) is 0 Å². The Hall–Kier alpha value is -2.81. The van der Waals surface area contributed by atoms with Gasteiger partial charge >= 0.3 is 11.9 Å². The Kier molecular flexibility index (Phi) is 55.8. The van der Waals surface area contributed by atoms with Crippen LogP contribution in [-0.2, 0) is 32.7 Å². The molecule has 0 aromatic rings. The van der Waals surface area contributed by atoms with Crippen molar-refractivity contribution in [3.63, 3.8) is 0 Å². The third-order valence-corrected chi connectivity index (χ3v) is 14.6. The van der Waals surface area contributed by atoms with Crippen molar-refractivity contribution in [2.24, 2.45) is 0 Å². The fourth-order valence-electron chi connectivity index (χ4n) is 8.81. The Morgan fingerprint density at radius 3 is 1.10 bits per heavy atom. The fraction of sp³-hybridized carbons (Fsp3) is 0.761. The molecule has 0 radical (unpaired) electrons. The predicted octanol–water partition coefficient (Wildman–Crippen LogP) is 19.6. The van der Waals surface area contributed by atoms with Gasteiger partial charge in [-0.05, 0) is 70.6 Å². The van der Waals surface area contributed by atoms with Gasteiger partial charge in [-0.2, -0.15) is 0 Å². The average molecular weight is 1100 g/mol. The number of hydrogen-bond acceptors (Lipinski definition) is 8. The van der Waals surface area contributed by atoms with Crippen molar-refractivity contribution in [3.8, 4) is 0 Å². The summed E-state index contributed by atoms with van der Waals surface area (Å²) < 4.78 is 34.2. The molecule has 0 saturated heterocycles. The van der Waals surface area contributed by atoms with Gasteiger partial charge in [0.15, 0.2) is 6.10 Å². The largest absolute Gasteiger partial charge is 0.756 e. The molecule has 0 spiro atoms. The molecule has 9 nitrogen and oxygen atoms in total. The highest BCUT2D eigenvalue weighted by Crippen LogP contribution is 2.38. The van der Waals surface area contributed by atoms with E-state index in [1.165, 1.54) is 161 Å². The summed E-state index contributed by atoms with van der Waals surface area (Å²) in [5.41, 5.74) is 0. The van der Waals surface area contributed by atoms with Gasteiger partial charge in [0.1, 0.15) is 19.8 Å². The Labute approximate surface area is 475 Å². The number of likely N-dealkylation sites (N-methyl/N-ethyl adjacent to an activating group) is 1. The molecule has 10 heteroatoms. The summed E-state index contributed by atoms with van der Waals surface area (Å²) in [5, 5.41) is 0. The van der Waals surface area contributed by atoms with E-state index in [1.54, 1.807) is 0 Å². The maximum absolute atomic E-state index is 12.8. The van der Waals surface area contributed by atoms with Crippen LogP contribution in [0.25, 0.3) is 0 Å². The smallest absolute Gasteiger partial charge is 0.306 e. The number of phosphoric acid groups is 1. The number of rotatable bonds is 58. The van der Waals surface area contributed by atoms with E-state index >= 15 is 0 Å². The molecule has 0 rings (SSSR count). The zero-order valence-corrected chi connectivity index (χ0v) is 51.5. The Bertz CT molecular complexity index is 1580. The molecule has 77 heavy (non-hydrogen) atoms. The van der Waals surface area contributed by atoms with E-state index in [0.717, 1.165) is 83.5 Å². The average Bonchev–Trinajstić information content (AvgIpc) is 3.39. The van der Waals surface area contributed by atoms with Gasteiger partial charge in [0, 0.05) is 12.8 Å². The summed E-state index contributed by atoms with van der Waals surface area (Å²) in [6.07, 6.45) is 77.9. The molecule has 0 aliphatic carbocycles. The van der Waals surface area contributed by atoms with E-state index in [-0.39, 0.29) is 32.0 Å². The topological polar surface area (TPSA) is 111 Å². The van der Waals surface area contributed by atoms with Crippen molar-refractivity contribution in [1.29, 1.82) is 0 Å². The summed E-state index contributed by atoms with van der Waals surface area (Å²) in [6, 6.07) is 0. The van der Waals surface area contributed by atoms with Gasteiger partial charge < -0.3 is 27.9 Å². The second-order valence-corrected chi connectivity index (χ2v) is 23.8. The molecule has 0 bridgehead atoms. The van der Waals surface area contributed by atoms with Crippen LogP contribution in [-0.4, -0.2) is 70.0 Å². The van der Waals surface area contributed by atoms with E-state index in [9.17, 15) is 19.0 Å². The van der Waals surface area contributed by atoms with Crippen LogP contribution in [0.5, 0.6) is 0 Å². The number of ether oxygens (including phenoxy) is 2. The number of quaternary nitrogens is 1. The summed E-state index contributed by atoms with van der Waals surface area (Å²) in [7, 11) is 1.14. The molecule has 0 saturated carbocycles. The number of nitrogens with zero attached hydrogens (tertiary/aromatic N) is 1. The van der Waals surface area contributed by atoms with Crippen LogP contribution in [0.1, 0.15) is 277 Å². The standard InChI is InChI=1S/C67H120NO8P/c1-6-8-10-12-14-16-18-20-22-24-26-28-30-32-33-34-36-37-39-41-43-45-47-49-51-53-55-57-59-66(69)73-63-65(64-75-77(71,72)74-62-61-68(3,4)5)76-67(70)60-58-56-54-52-50-48-46-44-42-40-38-35-31-29-27-25-23-21-19-17-15-13-11-9-7-2/h9,11,15,17,21,23,27,29,35,38,42,44,48,50,65H,6-8,10,12-14,16,18-20,22,24-26,28,30-34,36-37,39-41,43,45-47,49,51-64H2,1-5H3/b11-9-,17-15-,23-21-,29-27-,38-35-,44-42-,50-48-. The summed E-state index contributed by atoms with van der Waals surface area (Å²) in [4.78, 5) is 37.9. The van der Waals surface area contributed by atoms with Gasteiger partial charge in [-0.3, -0.25) is 14.2 Å². The van der Waals surface area contributed by atoms with Crippen molar-refractivity contribution in [2.45, 2.75) is 283 Å². The van der Waals surface area contributed by atoms with Crippen molar-refractivity contribution in [2.75, 3.05) is 47.5 Å². The third-order valence-electron chi connectivity index (χ3n) is 13.7. The highest BCUT2D eigenvalue weighted by Gasteiger charge is 2.22. The van der Waals surface area contributed by atoms with Gasteiger partial charge in [0.05, 0.1) is 27.7 Å². The van der Waals surface area contributed by atoms with Crippen molar-refractivity contribution in [3.05, 3.63) is 85.1 Å². The van der Waals surface area contributed by atoms with E-state index in [2.05, 4.69) is 98.9 Å². The molecule has 446 valence electrons.